The molecule has 4 rings (SSSR count). The first-order valence-corrected chi connectivity index (χ1v) is 12.2. The molecule has 0 amide bonds. The van der Waals surface area contributed by atoms with Crippen molar-refractivity contribution in [1.82, 2.24) is 0 Å². The molecule has 2 unspecified atom stereocenters. The van der Waals surface area contributed by atoms with Gasteiger partial charge in [-0.1, -0.05) is 46.0 Å². The summed E-state index contributed by atoms with van der Waals surface area (Å²) in [4.78, 5) is 0. The minimum absolute atomic E-state index is 0.215. The van der Waals surface area contributed by atoms with Crippen LogP contribution in [-0.2, 0) is 0 Å². The Morgan fingerprint density at radius 3 is 1.62 bits per heavy atom. The Labute approximate surface area is 162 Å². The van der Waals surface area contributed by atoms with Crippen LogP contribution in [0.1, 0.15) is 123 Å². The van der Waals surface area contributed by atoms with Gasteiger partial charge in [-0.15, -0.1) is 0 Å². The second kappa shape index (κ2) is 7.41. The number of hydrogen-bond acceptors (Lipinski definition) is 1. The van der Waals surface area contributed by atoms with Gasteiger partial charge in [0.2, 0.25) is 0 Å². The largest absolute Gasteiger partial charge is 0.389 e. The molecule has 1 heteroatoms. The molecule has 1 N–H and O–H groups in total. The molecule has 0 saturated heterocycles. The van der Waals surface area contributed by atoms with Crippen LogP contribution in [0.15, 0.2) is 0 Å². The minimum Gasteiger partial charge on any atom is -0.389 e. The Bertz CT molecular complexity index is 451. The molecular formula is C25H44O. The quantitative estimate of drug-likeness (QED) is 0.549. The Morgan fingerprint density at radius 1 is 0.577 bits per heavy atom. The zero-order chi connectivity index (χ0) is 18.3. The molecular weight excluding hydrogens is 316 g/mol. The summed E-state index contributed by atoms with van der Waals surface area (Å²) in [5, 5.41) is 11.6. The molecule has 2 atom stereocenters. The fraction of sp³-hybridized carbons (Fsp3) is 1.00. The molecule has 0 radical (unpaired) electrons. The molecule has 0 aromatic heterocycles. The Morgan fingerprint density at radius 2 is 1.08 bits per heavy atom. The summed E-state index contributed by atoms with van der Waals surface area (Å²) in [6.45, 7) is 5.05. The van der Waals surface area contributed by atoms with Gasteiger partial charge in [0, 0.05) is 0 Å². The van der Waals surface area contributed by atoms with Crippen LogP contribution in [-0.4, -0.2) is 10.7 Å². The van der Waals surface area contributed by atoms with Gasteiger partial charge in [0.05, 0.1) is 5.60 Å². The van der Waals surface area contributed by atoms with Gasteiger partial charge in [0.1, 0.15) is 0 Å². The second-order valence-corrected chi connectivity index (χ2v) is 11.5. The molecule has 26 heavy (non-hydrogen) atoms. The van der Waals surface area contributed by atoms with Crippen molar-refractivity contribution >= 4 is 0 Å². The van der Waals surface area contributed by atoms with Gasteiger partial charge in [-0.2, -0.15) is 0 Å². The van der Waals surface area contributed by atoms with Crippen LogP contribution in [0.25, 0.3) is 0 Å². The summed E-state index contributed by atoms with van der Waals surface area (Å²) in [6.07, 6.45) is 23.3. The third-order valence-corrected chi connectivity index (χ3v) is 10.1. The normalized spacial score (nSPS) is 44.9. The van der Waals surface area contributed by atoms with Crippen molar-refractivity contribution in [3.05, 3.63) is 0 Å². The highest BCUT2D eigenvalue weighted by molar-refractivity contribution is 5.02. The maximum Gasteiger partial charge on any atom is 0.0701 e. The van der Waals surface area contributed by atoms with E-state index in [1.165, 1.54) is 96.3 Å². The number of rotatable bonds is 2. The minimum atomic E-state index is -0.359. The van der Waals surface area contributed by atoms with E-state index >= 15 is 0 Å². The van der Waals surface area contributed by atoms with E-state index in [9.17, 15) is 5.11 Å². The van der Waals surface area contributed by atoms with Crippen molar-refractivity contribution in [1.29, 1.82) is 0 Å². The molecule has 0 spiro atoms. The standard InChI is InChI=1S/C25H44O/c1-23(22-8-4-3-5-9-22)16-10-20-12-18-25(26,19-13-21(20)11-17-23)24(2)14-6-7-15-24/h20-22,26H,3-19H2,1-2H3. The number of fused-ring (bicyclic) bond motifs is 1. The van der Waals surface area contributed by atoms with E-state index in [1.807, 2.05) is 0 Å². The van der Waals surface area contributed by atoms with Gasteiger partial charge in [-0.05, 0) is 106 Å². The molecule has 4 aliphatic carbocycles. The van der Waals surface area contributed by atoms with Gasteiger partial charge >= 0.3 is 0 Å². The SMILES string of the molecule is CC1(C2CCCCC2)CCC2CCC(O)(C3(C)CCCC3)CCC2CC1. The summed E-state index contributed by atoms with van der Waals surface area (Å²) in [5.74, 6) is 2.81. The summed E-state index contributed by atoms with van der Waals surface area (Å²) in [6, 6.07) is 0. The molecule has 4 saturated carbocycles. The van der Waals surface area contributed by atoms with Crippen molar-refractivity contribution in [2.24, 2.45) is 28.6 Å². The lowest BCUT2D eigenvalue weighted by Gasteiger charge is -2.43. The van der Waals surface area contributed by atoms with E-state index in [1.54, 1.807) is 0 Å². The van der Waals surface area contributed by atoms with Gasteiger partial charge in [0.25, 0.3) is 0 Å². The topological polar surface area (TPSA) is 20.2 Å². The maximum absolute atomic E-state index is 11.6. The third kappa shape index (κ3) is 3.51. The smallest absolute Gasteiger partial charge is 0.0701 e. The first-order valence-electron chi connectivity index (χ1n) is 12.2. The van der Waals surface area contributed by atoms with Crippen LogP contribution < -0.4 is 0 Å². The second-order valence-electron chi connectivity index (χ2n) is 11.5. The van der Waals surface area contributed by atoms with Gasteiger partial charge in [-0.25, -0.2) is 0 Å². The highest BCUT2D eigenvalue weighted by Crippen LogP contribution is 2.56. The molecule has 150 valence electrons. The molecule has 0 aromatic carbocycles. The summed E-state index contributed by atoms with van der Waals surface area (Å²) in [7, 11) is 0. The van der Waals surface area contributed by atoms with E-state index in [2.05, 4.69) is 13.8 Å². The van der Waals surface area contributed by atoms with Crippen LogP contribution >= 0.6 is 0 Å². The van der Waals surface area contributed by atoms with E-state index in [4.69, 9.17) is 0 Å². The molecule has 1 nitrogen and oxygen atoms in total. The highest BCUT2D eigenvalue weighted by atomic mass is 16.3. The fourth-order valence-electron chi connectivity index (χ4n) is 7.79. The first kappa shape index (κ1) is 19.3. The van der Waals surface area contributed by atoms with E-state index in [0.717, 1.165) is 30.6 Å². The average Bonchev–Trinajstić information content (AvgIpc) is 2.95. The summed E-state index contributed by atoms with van der Waals surface area (Å²) < 4.78 is 0. The van der Waals surface area contributed by atoms with Gasteiger partial charge in [0.15, 0.2) is 0 Å². The molecule has 0 aliphatic heterocycles. The first-order chi connectivity index (χ1) is 12.4. The van der Waals surface area contributed by atoms with Crippen LogP contribution in [0.4, 0.5) is 0 Å². The lowest BCUT2D eigenvalue weighted by atomic mass is 9.65. The summed E-state index contributed by atoms with van der Waals surface area (Å²) in [5.41, 5.74) is 0.482. The third-order valence-electron chi connectivity index (χ3n) is 10.1. The molecule has 0 bridgehead atoms. The monoisotopic (exact) mass is 360 g/mol. The lowest BCUT2D eigenvalue weighted by molar-refractivity contribution is -0.0858. The van der Waals surface area contributed by atoms with Gasteiger partial charge < -0.3 is 5.11 Å². The Hall–Kier alpha value is -0.0400. The van der Waals surface area contributed by atoms with Crippen molar-refractivity contribution in [2.45, 2.75) is 129 Å². The van der Waals surface area contributed by atoms with Crippen LogP contribution in [0.5, 0.6) is 0 Å². The van der Waals surface area contributed by atoms with Crippen molar-refractivity contribution in [3.63, 3.8) is 0 Å². The fourth-order valence-corrected chi connectivity index (χ4v) is 7.79. The number of aliphatic hydroxyl groups is 1. The molecule has 0 heterocycles. The van der Waals surface area contributed by atoms with Crippen molar-refractivity contribution in [2.75, 3.05) is 0 Å². The zero-order valence-electron chi connectivity index (χ0n) is 17.7. The van der Waals surface area contributed by atoms with Crippen molar-refractivity contribution in [3.8, 4) is 0 Å². The molecule has 4 aliphatic rings. The predicted octanol–water partition coefficient (Wildman–Crippen LogP) is 7.26. The Kier molecular flexibility index (Phi) is 5.50. The van der Waals surface area contributed by atoms with Crippen LogP contribution in [0.3, 0.4) is 0 Å². The predicted molar refractivity (Wildman–Crippen MR) is 110 cm³/mol. The van der Waals surface area contributed by atoms with Crippen LogP contribution in [0, 0.1) is 28.6 Å². The van der Waals surface area contributed by atoms with Crippen LogP contribution in [0.2, 0.25) is 0 Å². The van der Waals surface area contributed by atoms with E-state index in [-0.39, 0.29) is 11.0 Å². The number of hydrogen-bond donors (Lipinski definition) is 1. The Balaban J connectivity index is 1.42. The summed E-state index contributed by atoms with van der Waals surface area (Å²) >= 11 is 0. The van der Waals surface area contributed by atoms with E-state index < -0.39 is 0 Å². The zero-order valence-corrected chi connectivity index (χ0v) is 17.7. The van der Waals surface area contributed by atoms with Gasteiger partial charge in [-0.3, -0.25) is 0 Å². The average molecular weight is 361 g/mol. The molecule has 4 fully saturated rings. The highest BCUT2D eigenvalue weighted by Gasteiger charge is 2.50. The van der Waals surface area contributed by atoms with Crippen molar-refractivity contribution < 1.29 is 5.11 Å². The lowest BCUT2D eigenvalue weighted by Crippen LogP contribution is -2.44. The maximum atomic E-state index is 11.6. The molecule has 0 aromatic rings. The van der Waals surface area contributed by atoms with E-state index in [0.29, 0.717) is 5.41 Å².